The molecule has 0 aliphatic rings. The van der Waals surface area contributed by atoms with Gasteiger partial charge in [0.1, 0.15) is 0 Å². The monoisotopic (exact) mass is 244 g/mol. The molecule has 2 aromatic rings. The van der Waals surface area contributed by atoms with Crippen molar-refractivity contribution in [2.45, 2.75) is 19.4 Å². The summed E-state index contributed by atoms with van der Waals surface area (Å²) in [5, 5.41) is 21.3. The Morgan fingerprint density at radius 1 is 1.17 bits per heavy atom. The van der Waals surface area contributed by atoms with E-state index in [-0.39, 0.29) is 0 Å². The van der Waals surface area contributed by atoms with E-state index >= 15 is 0 Å². The Balaban J connectivity index is 2.38. The van der Waals surface area contributed by atoms with E-state index in [0.29, 0.717) is 12.0 Å². The summed E-state index contributed by atoms with van der Waals surface area (Å²) < 4.78 is 0. The van der Waals surface area contributed by atoms with Crippen LogP contribution in [0.3, 0.4) is 0 Å². The topological polar surface area (TPSA) is 57.5 Å². The van der Waals surface area contributed by atoms with Crippen molar-refractivity contribution in [2.75, 3.05) is 0 Å². The molecule has 2 unspecified atom stereocenters. The average Bonchev–Trinajstić information content (AvgIpc) is 2.38. The number of aliphatic carboxylic acids is 1. The number of carboxylic acids is 1. The molecule has 3 heteroatoms. The fraction of sp³-hybridized carbons (Fsp3) is 0.267. The average molecular weight is 244 g/mol. The number of carbonyl (C=O) groups is 1. The summed E-state index contributed by atoms with van der Waals surface area (Å²) in [6.45, 7) is 1.77. The second-order valence-corrected chi connectivity index (χ2v) is 4.40. The number of carboxylic acid groups (broad SMARTS) is 1. The van der Waals surface area contributed by atoms with Gasteiger partial charge in [0, 0.05) is 0 Å². The maximum absolute atomic E-state index is 11.0. The maximum atomic E-state index is 11.0. The molecular weight excluding hydrogens is 228 g/mol. The molecule has 0 bridgehead atoms. The number of hydrogen-bond donors (Lipinski definition) is 2. The van der Waals surface area contributed by atoms with Crippen molar-refractivity contribution in [3.8, 4) is 0 Å². The number of benzene rings is 2. The Kier molecular flexibility index (Phi) is 3.63. The van der Waals surface area contributed by atoms with E-state index in [1.807, 2.05) is 36.4 Å². The Hall–Kier alpha value is -1.87. The van der Waals surface area contributed by atoms with Crippen molar-refractivity contribution in [2.24, 2.45) is 5.92 Å². The Morgan fingerprint density at radius 2 is 1.83 bits per heavy atom. The third kappa shape index (κ3) is 2.36. The molecule has 0 saturated carbocycles. The predicted octanol–water partition coefficient (Wildman–Crippen LogP) is 2.98. The lowest BCUT2D eigenvalue weighted by atomic mass is 9.92. The van der Waals surface area contributed by atoms with Crippen LogP contribution in [0.4, 0.5) is 0 Å². The van der Waals surface area contributed by atoms with Crippen molar-refractivity contribution < 1.29 is 15.0 Å². The molecule has 0 heterocycles. The van der Waals surface area contributed by atoms with Gasteiger partial charge < -0.3 is 10.2 Å². The highest BCUT2D eigenvalue weighted by molar-refractivity contribution is 5.83. The Morgan fingerprint density at radius 3 is 2.44 bits per heavy atom. The van der Waals surface area contributed by atoms with Gasteiger partial charge in [-0.05, 0) is 28.8 Å². The molecule has 0 amide bonds. The molecule has 0 spiro atoms. The minimum absolute atomic E-state index is 0.406. The highest BCUT2D eigenvalue weighted by Gasteiger charge is 2.25. The third-order valence-electron chi connectivity index (χ3n) is 3.25. The van der Waals surface area contributed by atoms with Crippen LogP contribution in [0.1, 0.15) is 25.0 Å². The first-order chi connectivity index (χ1) is 8.63. The maximum Gasteiger partial charge on any atom is 0.309 e. The molecule has 0 aromatic heterocycles. The summed E-state index contributed by atoms with van der Waals surface area (Å²) >= 11 is 0. The molecule has 0 aliphatic carbocycles. The summed E-state index contributed by atoms with van der Waals surface area (Å²) in [5.41, 5.74) is 0.656. The van der Waals surface area contributed by atoms with Gasteiger partial charge in [0.25, 0.3) is 0 Å². The van der Waals surface area contributed by atoms with E-state index < -0.39 is 18.0 Å². The van der Waals surface area contributed by atoms with Crippen LogP contribution in [0.15, 0.2) is 42.5 Å². The van der Waals surface area contributed by atoms with Crippen LogP contribution in [0, 0.1) is 5.92 Å². The summed E-state index contributed by atoms with van der Waals surface area (Å²) in [6.07, 6.45) is -0.555. The lowest BCUT2D eigenvalue weighted by Gasteiger charge is -2.18. The van der Waals surface area contributed by atoms with E-state index in [1.165, 1.54) is 0 Å². The van der Waals surface area contributed by atoms with Crippen LogP contribution in [0.25, 0.3) is 10.8 Å². The smallest absolute Gasteiger partial charge is 0.309 e. The van der Waals surface area contributed by atoms with Crippen molar-refractivity contribution in [3.05, 3.63) is 48.0 Å². The minimum atomic E-state index is -0.961. The van der Waals surface area contributed by atoms with Crippen LogP contribution >= 0.6 is 0 Å². The van der Waals surface area contributed by atoms with Crippen molar-refractivity contribution >= 4 is 16.7 Å². The summed E-state index contributed by atoms with van der Waals surface area (Å²) in [5.74, 6) is -1.72. The number of aliphatic hydroxyl groups excluding tert-OH is 1. The molecule has 0 radical (unpaired) electrons. The quantitative estimate of drug-likeness (QED) is 0.869. The van der Waals surface area contributed by atoms with Crippen molar-refractivity contribution in [3.63, 3.8) is 0 Å². The molecule has 94 valence electrons. The second kappa shape index (κ2) is 5.19. The van der Waals surface area contributed by atoms with Gasteiger partial charge in [-0.15, -0.1) is 0 Å². The minimum Gasteiger partial charge on any atom is -0.481 e. The van der Waals surface area contributed by atoms with E-state index in [0.717, 1.165) is 10.8 Å². The highest BCUT2D eigenvalue weighted by atomic mass is 16.4. The molecule has 18 heavy (non-hydrogen) atoms. The molecule has 0 aliphatic heterocycles. The van der Waals surface area contributed by atoms with Gasteiger partial charge >= 0.3 is 5.97 Å². The Labute approximate surface area is 106 Å². The van der Waals surface area contributed by atoms with Crippen LogP contribution in [-0.4, -0.2) is 16.2 Å². The summed E-state index contributed by atoms with van der Waals surface area (Å²) in [6, 6.07) is 13.4. The van der Waals surface area contributed by atoms with Crippen LogP contribution in [0.2, 0.25) is 0 Å². The van der Waals surface area contributed by atoms with E-state index in [4.69, 9.17) is 5.11 Å². The molecular formula is C15H16O3. The number of rotatable bonds is 4. The molecule has 2 N–H and O–H groups in total. The summed E-state index contributed by atoms with van der Waals surface area (Å²) in [7, 11) is 0. The highest BCUT2D eigenvalue weighted by Crippen LogP contribution is 2.27. The molecule has 2 rings (SSSR count). The number of hydrogen-bond acceptors (Lipinski definition) is 2. The van der Waals surface area contributed by atoms with E-state index in [9.17, 15) is 9.90 Å². The Bertz CT molecular complexity index is 562. The second-order valence-electron chi connectivity index (χ2n) is 4.40. The van der Waals surface area contributed by atoms with Gasteiger partial charge in [0.05, 0.1) is 12.0 Å². The van der Waals surface area contributed by atoms with E-state index in [1.54, 1.807) is 13.0 Å². The molecule has 3 nitrogen and oxygen atoms in total. The van der Waals surface area contributed by atoms with Gasteiger partial charge in [-0.1, -0.05) is 43.3 Å². The van der Waals surface area contributed by atoms with Gasteiger partial charge in [0.2, 0.25) is 0 Å². The fourth-order valence-electron chi connectivity index (χ4n) is 2.16. The lowest BCUT2D eigenvalue weighted by molar-refractivity contribution is -0.146. The fourth-order valence-corrected chi connectivity index (χ4v) is 2.16. The molecule has 2 atom stereocenters. The van der Waals surface area contributed by atoms with E-state index in [2.05, 4.69) is 0 Å². The number of aliphatic hydroxyl groups is 1. The van der Waals surface area contributed by atoms with Gasteiger partial charge in [-0.2, -0.15) is 0 Å². The lowest BCUT2D eigenvalue weighted by Crippen LogP contribution is -2.21. The predicted molar refractivity (Wildman–Crippen MR) is 70.3 cm³/mol. The zero-order valence-corrected chi connectivity index (χ0v) is 10.2. The molecule has 0 fully saturated rings. The van der Waals surface area contributed by atoms with Gasteiger partial charge in [0.15, 0.2) is 0 Å². The molecule has 0 saturated heterocycles. The van der Waals surface area contributed by atoms with Crippen molar-refractivity contribution in [1.82, 2.24) is 0 Å². The van der Waals surface area contributed by atoms with Crippen molar-refractivity contribution in [1.29, 1.82) is 0 Å². The molecule has 2 aromatic carbocycles. The standard InChI is InChI=1S/C15H16O3/c1-2-13(15(17)18)14(16)12-8-7-10-5-3-4-6-11(10)9-12/h3-9,13-14,16H,2H2,1H3,(H,17,18). The SMILES string of the molecule is CCC(C(=O)O)C(O)c1ccc2ccccc2c1. The zero-order chi connectivity index (χ0) is 13.1. The first-order valence-corrected chi connectivity index (χ1v) is 6.03. The van der Waals surface area contributed by atoms with Crippen LogP contribution in [-0.2, 0) is 4.79 Å². The zero-order valence-electron chi connectivity index (χ0n) is 10.2. The van der Waals surface area contributed by atoms with Crippen LogP contribution in [0.5, 0.6) is 0 Å². The normalized spacial score (nSPS) is 14.3. The van der Waals surface area contributed by atoms with Gasteiger partial charge in [-0.3, -0.25) is 4.79 Å². The first kappa shape index (κ1) is 12.6. The largest absolute Gasteiger partial charge is 0.481 e. The number of fused-ring (bicyclic) bond motifs is 1. The third-order valence-corrected chi connectivity index (χ3v) is 3.25. The summed E-state index contributed by atoms with van der Waals surface area (Å²) in [4.78, 5) is 11.0. The van der Waals surface area contributed by atoms with Crippen LogP contribution < -0.4 is 0 Å². The van der Waals surface area contributed by atoms with Gasteiger partial charge in [-0.25, -0.2) is 0 Å². The first-order valence-electron chi connectivity index (χ1n) is 6.03.